The molecule has 132 valence electrons. The van der Waals surface area contributed by atoms with Crippen LogP contribution in [0, 0.1) is 0 Å². The van der Waals surface area contributed by atoms with E-state index >= 15 is 0 Å². The molecule has 2 N–H and O–H groups in total. The van der Waals surface area contributed by atoms with E-state index in [0.717, 1.165) is 18.5 Å². The summed E-state index contributed by atoms with van der Waals surface area (Å²) in [5, 5.41) is 6.08. The van der Waals surface area contributed by atoms with Gasteiger partial charge in [0.15, 0.2) is 0 Å². The highest BCUT2D eigenvalue weighted by molar-refractivity contribution is 5.74. The number of hydrogen-bond donors (Lipinski definition) is 2. The first kappa shape index (κ1) is 17.0. The lowest BCUT2D eigenvalue weighted by Crippen LogP contribution is -2.49. The first-order valence-electron chi connectivity index (χ1n) is 9.02. The molecule has 1 aromatic heterocycles. The summed E-state index contributed by atoms with van der Waals surface area (Å²) in [7, 11) is 0. The Morgan fingerprint density at radius 1 is 1.33 bits per heavy atom. The topological polar surface area (TPSA) is 66.5 Å². The molecule has 2 aliphatic rings. The van der Waals surface area contributed by atoms with Crippen molar-refractivity contribution in [3.8, 4) is 5.88 Å². The molecule has 6 heteroatoms. The molecule has 1 aromatic rings. The normalized spacial score (nSPS) is 23.8. The Morgan fingerprint density at radius 3 is 2.96 bits per heavy atom. The van der Waals surface area contributed by atoms with E-state index in [1.165, 1.54) is 25.8 Å². The van der Waals surface area contributed by atoms with Crippen molar-refractivity contribution in [2.75, 3.05) is 13.1 Å². The van der Waals surface area contributed by atoms with E-state index in [-0.39, 0.29) is 18.2 Å². The second-order valence-corrected chi connectivity index (χ2v) is 6.99. The highest BCUT2D eigenvalue weighted by atomic mass is 16.5. The van der Waals surface area contributed by atoms with Gasteiger partial charge in [-0.1, -0.05) is 12.5 Å². The molecule has 2 saturated heterocycles. The van der Waals surface area contributed by atoms with Crippen molar-refractivity contribution in [2.24, 2.45) is 0 Å². The van der Waals surface area contributed by atoms with E-state index in [1.54, 1.807) is 6.20 Å². The number of pyridine rings is 1. The summed E-state index contributed by atoms with van der Waals surface area (Å²) in [6.07, 6.45) is 6.68. The third-order valence-corrected chi connectivity index (χ3v) is 4.78. The molecule has 0 spiro atoms. The van der Waals surface area contributed by atoms with Gasteiger partial charge in [0.25, 0.3) is 0 Å². The van der Waals surface area contributed by atoms with Crippen LogP contribution in [-0.4, -0.2) is 47.2 Å². The molecular formula is C18H28N4O2. The molecule has 3 rings (SSSR count). The third kappa shape index (κ3) is 4.38. The minimum absolute atomic E-state index is 0.0880. The molecule has 0 aliphatic carbocycles. The average Bonchev–Trinajstić information content (AvgIpc) is 2.97. The zero-order valence-electron chi connectivity index (χ0n) is 14.6. The van der Waals surface area contributed by atoms with Crippen molar-refractivity contribution in [1.29, 1.82) is 0 Å². The molecule has 2 atom stereocenters. The van der Waals surface area contributed by atoms with Crippen LogP contribution >= 0.6 is 0 Å². The van der Waals surface area contributed by atoms with E-state index in [0.29, 0.717) is 18.5 Å². The quantitative estimate of drug-likeness (QED) is 0.868. The van der Waals surface area contributed by atoms with Crippen LogP contribution in [-0.2, 0) is 6.54 Å². The molecule has 3 heterocycles. The van der Waals surface area contributed by atoms with E-state index in [4.69, 9.17) is 4.74 Å². The lowest BCUT2D eigenvalue weighted by molar-refractivity contribution is 0.179. The molecule has 0 bridgehead atoms. The summed E-state index contributed by atoms with van der Waals surface area (Å²) in [6.45, 7) is 6.70. The smallest absolute Gasteiger partial charge is 0.315 e. The Morgan fingerprint density at radius 2 is 2.21 bits per heavy atom. The number of amides is 2. The Kier molecular flexibility index (Phi) is 5.56. The van der Waals surface area contributed by atoms with E-state index in [1.807, 2.05) is 26.0 Å². The van der Waals surface area contributed by atoms with Gasteiger partial charge >= 0.3 is 6.03 Å². The number of piperidine rings is 1. The van der Waals surface area contributed by atoms with E-state index in [2.05, 4.69) is 20.5 Å². The van der Waals surface area contributed by atoms with Crippen molar-refractivity contribution in [1.82, 2.24) is 20.5 Å². The second-order valence-electron chi connectivity index (χ2n) is 6.99. The summed E-state index contributed by atoms with van der Waals surface area (Å²) in [5.41, 5.74) is 0.965. The maximum absolute atomic E-state index is 12.2. The van der Waals surface area contributed by atoms with Crippen LogP contribution in [0.3, 0.4) is 0 Å². The first-order chi connectivity index (χ1) is 11.6. The number of ether oxygens (including phenoxy) is 1. The maximum Gasteiger partial charge on any atom is 0.315 e. The van der Waals surface area contributed by atoms with Gasteiger partial charge in [-0.2, -0.15) is 0 Å². The Bertz CT molecular complexity index is 546. The number of urea groups is 1. The summed E-state index contributed by atoms with van der Waals surface area (Å²) in [5.74, 6) is 0.613. The number of nitrogens with zero attached hydrogens (tertiary/aromatic N) is 2. The van der Waals surface area contributed by atoms with Crippen molar-refractivity contribution in [2.45, 2.75) is 64.3 Å². The zero-order chi connectivity index (χ0) is 16.9. The van der Waals surface area contributed by atoms with Crippen LogP contribution in [0.15, 0.2) is 18.3 Å². The number of carbonyl (C=O) groups is 1. The molecule has 24 heavy (non-hydrogen) atoms. The van der Waals surface area contributed by atoms with Crippen LogP contribution in [0.4, 0.5) is 4.79 Å². The predicted octanol–water partition coefficient (Wildman–Crippen LogP) is 2.29. The van der Waals surface area contributed by atoms with E-state index < -0.39 is 0 Å². The molecule has 2 aliphatic heterocycles. The predicted molar refractivity (Wildman–Crippen MR) is 93.0 cm³/mol. The molecule has 0 unspecified atom stereocenters. The number of hydrogen-bond acceptors (Lipinski definition) is 4. The van der Waals surface area contributed by atoms with Crippen LogP contribution < -0.4 is 15.4 Å². The van der Waals surface area contributed by atoms with Crippen molar-refractivity contribution in [3.05, 3.63) is 23.9 Å². The molecule has 6 nitrogen and oxygen atoms in total. The maximum atomic E-state index is 12.2. The van der Waals surface area contributed by atoms with E-state index in [9.17, 15) is 4.79 Å². The Balaban J connectivity index is 1.44. The van der Waals surface area contributed by atoms with Crippen molar-refractivity contribution in [3.63, 3.8) is 0 Å². The van der Waals surface area contributed by atoms with Crippen LogP contribution in [0.5, 0.6) is 5.88 Å². The lowest BCUT2D eigenvalue weighted by atomic mass is 9.99. The summed E-state index contributed by atoms with van der Waals surface area (Å²) in [4.78, 5) is 18.9. The summed E-state index contributed by atoms with van der Waals surface area (Å²) >= 11 is 0. The van der Waals surface area contributed by atoms with Crippen LogP contribution in [0.1, 0.15) is 45.1 Å². The second kappa shape index (κ2) is 7.83. The molecule has 0 radical (unpaired) electrons. The Hall–Kier alpha value is -1.82. The fourth-order valence-electron chi connectivity index (χ4n) is 3.64. The number of rotatable bonds is 5. The van der Waals surface area contributed by atoms with Crippen molar-refractivity contribution < 1.29 is 9.53 Å². The summed E-state index contributed by atoms with van der Waals surface area (Å²) in [6, 6.07) is 4.49. The van der Waals surface area contributed by atoms with Crippen molar-refractivity contribution >= 4 is 6.03 Å². The number of nitrogens with one attached hydrogen (secondary N) is 2. The minimum Gasteiger partial charge on any atom is -0.475 e. The number of carbonyl (C=O) groups excluding carboxylic acids is 1. The average molecular weight is 332 g/mol. The highest BCUT2D eigenvalue weighted by Gasteiger charge is 2.36. The fraction of sp³-hybridized carbons (Fsp3) is 0.667. The van der Waals surface area contributed by atoms with Gasteiger partial charge in [0.2, 0.25) is 5.88 Å². The van der Waals surface area contributed by atoms with Gasteiger partial charge in [-0.05, 0) is 45.2 Å². The lowest BCUT2D eigenvalue weighted by Gasteiger charge is -2.32. The van der Waals surface area contributed by atoms with Gasteiger partial charge in [-0.15, -0.1) is 0 Å². The van der Waals surface area contributed by atoms with Gasteiger partial charge in [0.05, 0.1) is 6.10 Å². The zero-order valence-corrected chi connectivity index (χ0v) is 14.6. The molecular weight excluding hydrogens is 304 g/mol. The highest BCUT2D eigenvalue weighted by Crippen LogP contribution is 2.27. The first-order valence-corrected chi connectivity index (χ1v) is 9.02. The van der Waals surface area contributed by atoms with Crippen LogP contribution in [0.25, 0.3) is 0 Å². The molecule has 0 aromatic carbocycles. The Labute approximate surface area is 144 Å². The van der Waals surface area contributed by atoms with Gasteiger partial charge < -0.3 is 15.4 Å². The molecule has 0 saturated carbocycles. The number of fused-ring (bicyclic) bond motifs is 1. The fourth-order valence-corrected chi connectivity index (χ4v) is 3.64. The minimum atomic E-state index is -0.0880. The van der Waals surface area contributed by atoms with Gasteiger partial charge in [0.1, 0.15) is 0 Å². The largest absolute Gasteiger partial charge is 0.475 e. The van der Waals surface area contributed by atoms with Gasteiger partial charge in [-0.25, -0.2) is 9.78 Å². The van der Waals surface area contributed by atoms with Crippen LogP contribution in [0.2, 0.25) is 0 Å². The van der Waals surface area contributed by atoms with Gasteiger partial charge in [-0.3, -0.25) is 4.90 Å². The molecule has 2 amide bonds. The van der Waals surface area contributed by atoms with Gasteiger partial charge in [0, 0.05) is 37.4 Å². The monoisotopic (exact) mass is 332 g/mol. The SMILES string of the molecule is CC(C)Oc1ccc(CNC(=O)N[C@H]2CCN3CCCC[C@@H]23)cn1. The summed E-state index contributed by atoms with van der Waals surface area (Å²) < 4.78 is 5.52. The number of aromatic nitrogens is 1. The standard InChI is InChI=1S/C18H28N4O2/c1-13(2)24-17-7-6-14(11-19-17)12-20-18(23)21-15-8-10-22-9-4-3-5-16(15)22/h6-7,11,13,15-16H,3-5,8-10,12H2,1-2H3,(H2,20,21,23)/t15-,16-/m0/s1. The molecule has 2 fully saturated rings. The third-order valence-electron chi connectivity index (χ3n) is 4.78.